The summed E-state index contributed by atoms with van der Waals surface area (Å²) in [7, 11) is 0. The summed E-state index contributed by atoms with van der Waals surface area (Å²) in [6.07, 6.45) is 3.97. The van der Waals surface area contributed by atoms with E-state index in [1.807, 2.05) is 12.1 Å². The molecule has 0 saturated carbocycles. The molecule has 1 aromatic carbocycles. The number of carbonyl (C=O) groups excluding carboxylic acids is 1. The number of hydrogen-bond acceptors (Lipinski definition) is 2. The van der Waals surface area contributed by atoms with Crippen molar-refractivity contribution >= 4 is 6.29 Å². The van der Waals surface area contributed by atoms with Gasteiger partial charge < -0.3 is 4.74 Å². The molecule has 0 saturated heterocycles. The summed E-state index contributed by atoms with van der Waals surface area (Å²) >= 11 is 0. The third-order valence-corrected chi connectivity index (χ3v) is 3.94. The van der Waals surface area contributed by atoms with Crippen LogP contribution in [0.5, 0.6) is 5.75 Å². The highest BCUT2D eigenvalue weighted by Crippen LogP contribution is 2.35. The van der Waals surface area contributed by atoms with Gasteiger partial charge >= 0.3 is 0 Å². The van der Waals surface area contributed by atoms with Gasteiger partial charge in [0.2, 0.25) is 0 Å². The fourth-order valence-electron chi connectivity index (χ4n) is 2.27. The summed E-state index contributed by atoms with van der Waals surface area (Å²) < 4.78 is 6.17. The van der Waals surface area contributed by atoms with E-state index in [4.69, 9.17) is 4.74 Å². The van der Waals surface area contributed by atoms with Gasteiger partial charge in [-0.1, -0.05) is 34.1 Å². The monoisotopic (exact) mass is 262 g/mol. The number of hydrogen-bond donors (Lipinski definition) is 0. The molecule has 1 rings (SSSR count). The van der Waals surface area contributed by atoms with Crippen LogP contribution < -0.4 is 4.74 Å². The Bertz CT molecular complexity index is 406. The van der Waals surface area contributed by atoms with E-state index >= 15 is 0 Å². The Labute approximate surface area is 117 Å². The maximum absolute atomic E-state index is 10.6. The molecule has 1 aromatic rings. The van der Waals surface area contributed by atoms with Gasteiger partial charge in [0.05, 0.1) is 0 Å². The minimum absolute atomic E-state index is 0.164. The maximum Gasteiger partial charge on any atom is 0.150 e. The zero-order valence-electron chi connectivity index (χ0n) is 12.8. The molecule has 0 heterocycles. The number of rotatable bonds is 7. The second-order valence-electron chi connectivity index (χ2n) is 6.29. The van der Waals surface area contributed by atoms with Crippen molar-refractivity contribution in [1.82, 2.24) is 0 Å². The van der Waals surface area contributed by atoms with E-state index in [1.165, 1.54) is 0 Å². The molecule has 2 heteroatoms. The second-order valence-corrected chi connectivity index (χ2v) is 6.29. The van der Waals surface area contributed by atoms with E-state index in [2.05, 4.69) is 34.6 Å². The molecular formula is C17H26O2. The largest absolute Gasteiger partial charge is 0.488 e. The number of carbonyl (C=O) groups is 1. The molecule has 0 aliphatic rings. The fourth-order valence-corrected chi connectivity index (χ4v) is 2.27. The molecule has 0 aliphatic carbocycles. The van der Waals surface area contributed by atoms with Crippen molar-refractivity contribution in [3.05, 3.63) is 29.8 Å². The lowest BCUT2D eigenvalue weighted by Crippen LogP contribution is -2.36. The van der Waals surface area contributed by atoms with E-state index in [0.29, 0.717) is 5.56 Å². The van der Waals surface area contributed by atoms with E-state index in [1.54, 1.807) is 12.1 Å². The summed E-state index contributed by atoms with van der Waals surface area (Å²) in [6.45, 7) is 11.1. The van der Waals surface area contributed by atoms with Crippen LogP contribution in [-0.2, 0) is 0 Å². The Morgan fingerprint density at radius 3 is 2.05 bits per heavy atom. The van der Waals surface area contributed by atoms with Gasteiger partial charge in [-0.05, 0) is 49.4 Å². The quantitative estimate of drug-likeness (QED) is 0.655. The van der Waals surface area contributed by atoms with Gasteiger partial charge in [0.25, 0.3) is 0 Å². The van der Waals surface area contributed by atoms with Gasteiger partial charge in [-0.2, -0.15) is 0 Å². The van der Waals surface area contributed by atoms with Crippen LogP contribution in [-0.4, -0.2) is 11.9 Å². The van der Waals surface area contributed by atoms with E-state index < -0.39 is 0 Å². The lowest BCUT2D eigenvalue weighted by molar-refractivity contribution is 0.0344. The first-order chi connectivity index (χ1) is 8.84. The van der Waals surface area contributed by atoms with Crippen LogP contribution in [0.4, 0.5) is 0 Å². The van der Waals surface area contributed by atoms with Crippen LogP contribution in [0.25, 0.3) is 0 Å². The first-order valence-corrected chi connectivity index (χ1v) is 7.08. The van der Waals surface area contributed by atoms with Crippen LogP contribution in [0.2, 0.25) is 0 Å². The average Bonchev–Trinajstić information content (AvgIpc) is 2.39. The molecule has 2 nitrogen and oxygen atoms in total. The predicted octanol–water partition coefficient (Wildman–Crippen LogP) is 4.87. The van der Waals surface area contributed by atoms with Crippen molar-refractivity contribution in [2.75, 3.05) is 0 Å². The van der Waals surface area contributed by atoms with Crippen LogP contribution in [0, 0.1) is 5.41 Å². The normalized spacial score (nSPS) is 14.8. The topological polar surface area (TPSA) is 26.3 Å². The summed E-state index contributed by atoms with van der Waals surface area (Å²) in [5, 5.41) is 0. The first kappa shape index (κ1) is 15.7. The SMILES string of the molecule is CCC(C)(C)CC(C)(CC)Oc1ccc(C=O)cc1. The summed E-state index contributed by atoms with van der Waals surface area (Å²) in [6, 6.07) is 7.33. The second kappa shape index (κ2) is 6.23. The Kier molecular flexibility index (Phi) is 5.16. The fraction of sp³-hybridized carbons (Fsp3) is 0.588. The van der Waals surface area contributed by atoms with Crippen molar-refractivity contribution in [1.29, 1.82) is 0 Å². The highest BCUT2D eigenvalue weighted by atomic mass is 16.5. The summed E-state index contributed by atoms with van der Waals surface area (Å²) in [5.41, 5.74) is 0.787. The molecule has 1 unspecified atom stereocenters. The third kappa shape index (κ3) is 4.70. The predicted molar refractivity (Wildman–Crippen MR) is 79.8 cm³/mol. The lowest BCUT2D eigenvalue weighted by atomic mass is 9.78. The third-order valence-electron chi connectivity index (χ3n) is 3.94. The standard InChI is InChI=1S/C17H26O2/c1-6-16(3,4)13-17(5,7-2)19-15-10-8-14(12-18)9-11-15/h8-12H,6-7,13H2,1-5H3. The van der Waals surface area contributed by atoms with Crippen molar-refractivity contribution < 1.29 is 9.53 Å². The minimum atomic E-state index is -0.164. The van der Waals surface area contributed by atoms with Crippen molar-refractivity contribution in [3.8, 4) is 5.75 Å². The molecule has 0 amide bonds. The Morgan fingerprint density at radius 1 is 1.05 bits per heavy atom. The number of ether oxygens (including phenoxy) is 1. The van der Waals surface area contributed by atoms with Crippen LogP contribution in [0.1, 0.15) is 64.2 Å². The van der Waals surface area contributed by atoms with Gasteiger partial charge in [0.1, 0.15) is 17.6 Å². The molecule has 0 fully saturated rings. The highest BCUT2D eigenvalue weighted by molar-refractivity contribution is 5.74. The number of benzene rings is 1. The van der Waals surface area contributed by atoms with Crippen LogP contribution in [0.15, 0.2) is 24.3 Å². The Hall–Kier alpha value is -1.31. The Morgan fingerprint density at radius 2 is 1.63 bits per heavy atom. The highest BCUT2D eigenvalue weighted by Gasteiger charge is 2.31. The minimum Gasteiger partial charge on any atom is -0.488 e. The van der Waals surface area contributed by atoms with Crippen LogP contribution >= 0.6 is 0 Å². The zero-order chi connectivity index (χ0) is 14.5. The van der Waals surface area contributed by atoms with Gasteiger partial charge in [0.15, 0.2) is 0 Å². The number of aldehydes is 1. The lowest BCUT2D eigenvalue weighted by Gasteiger charge is -2.37. The molecule has 1 atom stereocenters. The summed E-state index contributed by atoms with van der Waals surface area (Å²) in [4.78, 5) is 10.6. The molecule has 0 radical (unpaired) electrons. The molecule has 0 aromatic heterocycles. The Balaban J connectivity index is 2.81. The van der Waals surface area contributed by atoms with Crippen LogP contribution in [0.3, 0.4) is 0 Å². The van der Waals surface area contributed by atoms with Gasteiger partial charge in [-0.3, -0.25) is 4.79 Å². The molecule has 0 aliphatic heterocycles. The van der Waals surface area contributed by atoms with Gasteiger partial charge in [-0.25, -0.2) is 0 Å². The van der Waals surface area contributed by atoms with Crippen molar-refractivity contribution in [2.45, 2.75) is 59.5 Å². The van der Waals surface area contributed by atoms with E-state index in [-0.39, 0.29) is 11.0 Å². The molecule has 0 N–H and O–H groups in total. The van der Waals surface area contributed by atoms with Gasteiger partial charge in [-0.15, -0.1) is 0 Å². The molecular weight excluding hydrogens is 236 g/mol. The van der Waals surface area contributed by atoms with Crippen molar-refractivity contribution in [3.63, 3.8) is 0 Å². The summed E-state index contributed by atoms with van der Waals surface area (Å²) in [5.74, 6) is 0.835. The zero-order valence-corrected chi connectivity index (χ0v) is 12.8. The molecule has 19 heavy (non-hydrogen) atoms. The van der Waals surface area contributed by atoms with E-state index in [0.717, 1.165) is 31.3 Å². The van der Waals surface area contributed by atoms with Crippen molar-refractivity contribution in [2.24, 2.45) is 5.41 Å². The smallest absolute Gasteiger partial charge is 0.150 e. The molecule has 0 bridgehead atoms. The van der Waals surface area contributed by atoms with E-state index in [9.17, 15) is 4.79 Å². The van der Waals surface area contributed by atoms with Gasteiger partial charge in [0, 0.05) is 5.56 Å². The first-order valence-electron chi connectivity index (χ1n) is 7.08. The molecule has 106 valence electrons. The average molecular weight is 262 g/mol. The maximum atomic E-state index is 10.6. The molecule has 0 spiro atoms.